The SMILES string of the molecule is CC.CC.CC.CC.CC.CC.CC.CC.CC(=O)C(C)[S+](C)C.C[S+](C)C.C[S+](c1ccccc1)c1ccccc1.C[S+](c1ccccc1)c1ccccc1.c1ccc(Cc2ccccc2)cc1.c1ccc([I-]c2ccccc2)cc1. The minimum absolute atomic E-state index is 0.0287. The summed E-state index contributed by atoms with van der Waals surface area (Å²) in [6.07, 6.45) is 16.3. The zero-order chi connectivity index (χ0) is 63.8. The molecule has 0 saturated heterocycles. The first-order valence-electron chi connectivity index (χ1n) is 29.9. The summed E-state index contributed by atoms with van der Waals surface area (Å²) < 4.78 is 2.96. The van der Waals surface area contributed by atoms with Gasteiger partial charge < -0.3 is 0 Å². The van der Waals surface area contributed by atoms with Gasteiger partial charge >= 0.3 is 89.0 Å². The van der Waals surface area contributed by atoms with Crippen molar-refractivity contribution in [3.8, 4) is 0 Å². The average molecular weight is 1300 g/mol. The molecule has 0 aliphatic heterocycles. The van der Waals surface area contributed by atoms with Gasteiger partial charge in [0.15, 0.2) is 30.6 Å². The number of carbonyl (C=O) groups is 1. The van der Waals surface area contributed by atoms with Gasteiger partial charge in [-0.3, -0.25) is 4.79 Å². The number of carbonyl (C=O) groups excluding carboxylic acids is 1. The van der Waals surface area contributed by atoms with Gasteiger partial charge in [0.05, 0.1) is 53.1 Å². The number of hydrogen-bond acceptors (Lipinski definition) is 1. The van der Waals surface area contributed by atoms with Gasteiger partial charge in [-0.1, -0.05) is 244 Å². The van der Waals surface area contributed by atoms with Crippen LogP contribution in [0, 0.1) is 7.14 Å². The second kappa shape index (κ2) is 69.1. The third-order valence-electron chi connectivity index (χ3n) is 9.44. The van der Waals surface area contributed by atoms with Gasteiger partial charge in [-0.15, -0.1) is 0 Å². The van der Waals surface area contributed by atoms with Crippen LogP contribution in [0.1, 0.15) is 136 Å². The van der Waals surface area contributed by atoms with E-state index >= 15 is 0 Å². The molecule has 0 spiro atoms. The fourth-order valence-electron chi connectivity index (χ4n) is 5.61. The van der Waals surface area contributed by atoms with Crippen LogP contribution in [0.3, 0.4) is 0 Å². The molecule has 1 atom stereocenters. The molecule has 0 heterocycles. The van der Waals surface area contributed by atoms with E-state index in [4.69, 9.17) is 0 Å². The molecule has 8 rings (SSSR count). The molecule has 0 aromatic heterocycles. The summed E-state index contributed by atoms with van der Waals surface area (Å²) in [7, 11) is 1.31. The van der Waals surface area contributed by atoms with Crippen LogP contribution in [0.4, 0.5) is 0 Å². The maximum absolute atomic E-state index is 10.6. The van der Waals surface area contributed by atoms with Crippen molar-refractivity contribution in [3.63, 3.8) is 0 Å². The average Bonchev–Trinajstić information content (AvgIpc) is 3.56. The van der Waals surface area contributed by atoms with Gasteiger partial charge in [-0.2, -0.15) is 0 Å². The van der Waals surface area contributed by atoms with Crippen molar-refractivity contribution in [2.75, 3.05) is 43.8 Å². The first-order valence-corrected chi connectivity index (χ1v) is 39.8. The number of halogens is 1. The third-order valence-corrected chi connectivity index (χ3v) is 17.8. The molecule has 0 aliphatic carbocycles. The minimum atomic E-state index is 0.0287. The van der Waals surface area contributed by atoms with Gasteiger partial charge in [0, 0.05) is 0 Å². The Kier molecular flexibility index (Phi) is 74.8. The summed E-state index contributed by atoms with van der Waals surface area (Å²) in [4.78, 5) is 16.2. The van der Waals surface area contributed by atoms with E-state index < -0.39 is 0 Å². The van der Waals surface area contributed by atoms with E-state index in [1.165, 1.54) is 37.8 Å². The molecule has 0 bridgehead atoms. The zero-order valence-corrected chi connectivity index (χ0v) is 61.7. The summed E-state index contributed by atoms with van der Waals surface area (Å²) >= 11 is 0.0287. The quantitative estimate of drug-likeness (QED) is 0.0985. The number of hydrogen-bond donors (Lipinski definition) is 0. The van der Waals surface area contributed by atoms with Crippen molar-refractivity contribution in [2.24, 2.45) is 0 Å². The number of ketones is 1. The van der Waals surface area contributed by atoms with Crippen LogP contribution in [-0.2, 0) is 54.8 Å². The van der Waals surface area contributed by atoms with Crippen molar-refractivity contribution in [1.29, 1.82) is 0 Å². The molecule has 1 nitrogen and oxygen atoms in total. The number of benzene rings is 8. The summed E-state index contributed by atoms with van der Waals surface area (Å²) in [5.74, 6) is 0.304. The van der Waals surface area contributed by atoms with E-state index in [9.17, 15) is 4.79 Å². The second-order valence-corrected chi connectivity index (χ2v) is 27.3. The predicted molar refractivity (Wildman–Crippen MR) is 387 cm³/mol. The van der Waals surface area contributed by atoms with Crippen LogP contribution < -0.4 is 21.2 Å². The molecule has 0 fully saturated rings. The molecule has 0 aliphatic rings. The van der Waals surface area contributed by atoms with E-state index in [2.05, 4.69) is 286 Å². The standard InChI is InChI=1S/2C13H13S.C13H12.C12H10I.C6H13OS.C3H9S.8C2H6/c2*1-14(12-8-4-2-5-9-12)13-10-6-3-7-11-13;1-3-7-12(8-4-1)11-13-9-5-2-6-10-13;1-3-7-11(8-4-1)13-12-9-5-2-6-10-12;1-5(7)6(2)8(3)4;1-4(2)3;8*1-2/h2*2-11H,1H3;1-10H,11H2;1-10H;6H,1-4H3;1-3H3;8*1-2H3/q2*+1;;-1;2*+1;;;;;;;;. The Morgan fingerprint density at radius 1 is 0.317 bits per heavy atom. The van der Waals surface area contributed by atoms with Crippen molar-refractivity contribution in [2.45, 2.75) is 156 Å². The number of rotatable bonds is 10. The van der Waals surface area contributed by atoms with E-state index in [1.54, 1.807) is 6.92 Å². The molecule has 6 heteroatoms. The first kappa shape index (κ1) is 88.8. The van der Waals surface area contributed by atoms with Gasteiger partial charge in [0.2, 0.25) is 0 Å². The zero-order valence-electron chi connectivity index (χ0n) is 56.3. The van der Waals surface area contributed by atoms with Gasteiger partial charge in [-0.25, -0.2) is 0 Å². The maximum atomic E-state index is 10.6. The summed E-state index contributed by atoms with van der Waals surface area (Å²) in [5, 5.41) is 0.259. The molecule has 0 saturated carbocycles. The Bertz CT molecular complexity index is 2060. The molecule has 456 valence electrons. The normalized spacial score (nSPS) is 9.13. The molecule has 8 aromatic rings. The van der Waals surface area contributed by atoms with E-state index in [0.717, 1.165) is 6.42 Å². The molecule has 8 aromatic carbocycles. The molecular formula is C76H118IOS4+3. The van der Waals surface area contributed by atoms with Crippen molar-refractivity contribution in [1.82, 2.24) is 0 Å². The Hall–Kier alpha value is -4.44. The van der Waals surface area contributed by atoms with E-state index in [-0.39, 0.29) is 59.1 Å². The van der Waals surface area contributed by atoms with Crippen molar-refractivity contribution >= 4 is 49.4 Å². The number of Topliss-reactive ketones (excluding diaryl/α,β-unsaturated/α-hetero) is 1. The van der Waals surface area contributed by atoms with Gasteiger partial charge in [0.25, 0.3) is 0 Å². The van der Waals surface area contributed by atoms with Crippen LogP contribution in [0.2, 0.25) is 0 Å². The van der Waals surface area contributed by atoms with Crippen molar-refractivity contribution in [3.05, 3.63) is 261 Å². The van der Waals surface area contributed by atoms with Crippen LogP contribution >= 0.6 is 0 Å². The second-order valence-electron chi connectivity index (χ2n) is 15.5. The Morgan fingerprint density at radius 2 is 0.488 bits per heavy atom. The molecular weight excluding hydrogens is 1180 g/mol. The topological polar surface area (TPSA) is 17.1 Å². The molecule has 82 heavy (non-hydrogen) atoms. The molecule has 0 N–H and O–H groups in total. The monoisotopic (exact) mass is 1300 g/mol. The van der Waals surface area contributed by atoms with Crippen LogP contribution in [0.5, 0.6) is 0 Å². The first-order chi connectivity index (χ1) is 39.9. The molecule has 1 unspecified atom stereocenters. The summed E-state index contributed by atoms with van der Waals surface area (Å²) in [6, 6.07) is 85.0. The predicted octanol–water partition coefficient (Wildman–Crippen LogP) is 19.3. The Morgan fingerprint density at radius 3 is 0.646 bits per heavy atom. The van der Waals surface area contributed by atoms with Gasteiger partial charge in [0.1, 0.15) is 12.5 Å². The van der Waals surface area contributed by atoms with Crippen LogP contribution in [0.15, 0.2) is 262 Å². The molecule has 0 amide bonds. The van der Waals surface area contributed by atoms with Crippen molar-refractivity contribution < 1.29 is 26.0 Å². The van der Waals surface area contributed by atoms with Gasteiger partial charge in [-0.05, 0) is 102 Å². The summed E-state index contributed by atoms with van der Waals surface area (Å²) in [6.45, 7) is 35.6. The Labute approximate surface area is 531 Å². The Balaban J connectivity index is -0.000000205. The van der Waals surface area contributed by atoms with E-state index in [1.807, 2.05) is 118 Å². The summed E-state index contributed by atoms with van der Waals surface area (Å²) in [5.41, 5.74) is 2.74. The third kappa shape index (κ3) is 50.1. The molecule has 0 radical (unpaired) electrons. The van der Waals surface area contributed by atoms with Crippen LogP contribution in [-0.4, -0.2) is 54.8 Å². The van der Waals surface area contributed by atoms with E-state index in [0.29, 0.717) is 16.7 Å². The van der Waals surface area contributed by atoms with Crippen LogP contribution in [0.25, 0.3) is 0 Å². The fraction of sp³-hybridized carbons (Fsp3) is 0.355. The fourth-order valence-corrected chi connectivity index (χ4v) is 11.3.